The Kier molecular flexibility index (Phi) is 5.45. The quantitative estimate of drug-likeness (QED) is 0.754. The molecule has 0 unspecified atom stereocenters. The highest BCUT2D eigenvalue weighted by molar-refractivity contribution is 6.10. The Morgan fingerprint density at radius 3 is 2.62 bits per heavy atom. The molecule has 3 fully saturated rings. The highest BCUT2D eigenvalue weighted by atomic mass is 16.5. The summed E-state index contributed by atoms with van der Waals surface area (Å²) in [5.41, 5.74) is 0.878. The number of rotatable bonds is 4. The van der Waals surface area contributed by atoms with Crippen molar-refractivity contribution in [3.05, 3.63) is 24.3 Å². The van der Waals surface area contributed by atoms with E-state index < -0.39 is 11.6 Å². The van der Waals surface area contributed by atoms with Crippen LogP contribution in [0, 0.1) is 5.92 Å². The molecule has 0 bridgehead atoms. The molecule has 4 rings (SSSR count). The van der Waals surface area contributed by atoms with Gasteiger partial charge in [-0.15, -0.1) is 0 Å². The van der Waals surface area contributed by atoms with Crippen LogP contribution in [-0.4, -0.2) is 61.1 Å². The first-order chi connectivity index (χ1) is 14.0. The van der Waals surface area contributed by atoms with E-state index in [1.165, 1.54) is 0 Å². The fraction of sp³-hybridized carbons (Fsp3) is 0.571. The summed E-state index contributed by atoms with van der Waals surface area (Å²) in [7, 11) is 0. The van der Waals surface area contributed by atoms with E-state index in [9.17, 15) is 14.4 Å². The number of hydrogen-bond acceptors (Lipinski definition) is 5. The minimum atomic E-state index is -0.838. The van der Waals surface area contributed by atoms with Crippen molar-refractivity contribution in [1.29, 1.82) is 0 Å². The third-order valence-corrected chi connectivity index (χ3v) is 6.33. The zero-order valence-corrected chi connectivity index (χ0v) is 16.8. The Labute approximate surface area is 170 Å². The molecule has 1 aromatic rings. The van der Waals surface area contributed by atoms with Gasteiger partial charge >= 0.3 is 6.03 Å². The second kappa shape index (κ2) is 8.02. The van der Waals surface area contributed by atoms with Gasteiger partial charge in [-0.1, -0.05) is 19.8 Å². The van der Waals surface area contributed by atoms with Crippen LogP contribution in [0.15, 0.2) is 24.3 Å². The van der Waals surface area contributed by atoms with Crippen LogP contribution in [-0.2, 0) is 14.3 Å². The highest BCUT2D eigenvalue weighted by Crippen LogP contribution is 2.38. The van der Waals surface area contributed by atoms with Gasteiger partial charge in [-0.25, -0.2) is 4.79 Å². The van der Waals surface area contributed by atoms with Crippen molar-refractivity contribution in [3.8, 4) is 0 Å². The maximum absolute atomic E-state index is 13.0. The standard InChI is InChI=1S/C21H28N4O4/c1-15-4-2-3-9-21(15)19(27)25(20(28)23-21)14-18(26)22-16-5-7-17(8-6-16)24-10-12-29-13-11-24/h5-8,15H,2-4,9-14H2,1H3,(H,22,26)(H,23,28)/t15-,21-/m0/s1. The first kappa shape index (κ1) is 19.7. The fourth-order valence-corrected chi connectivity index (χ4v) is 4.56. The normalized spacial score (nSPS) is 27.3. The summed E-state index contributed by atoms with van der Waals surface area (Å²) in [5, 5.41) is 5.66. The Morgan fingerprint density at radius 2 is 1.93 bits per heavy atom. The van der Waals surface area contributed by atoms with Gasteiger partial charge < -0.3 is 20.3 Å². The van der Waals surface area contributed by atoms with Crippen LogP contribution in [0.5, 0.6) is 0 Å². The Bertz CT molecular complexity index is 790. The number of imide groups is 1. The van der Waals surface area contributed by atoms with Crippen molar-refractivity contribution in [2.24, 2.45) is 5.92 Å². The van der Waals surface area contributed by atoms with E-state index in [1.807, 2.05) is 31.2 Å². The van der Waals surface area contributed by atoms with Gasteiger partial charge in [0.2, 0.25) is 5.91 Å². The van der Waals surface area contributed by atoms with Crippen LogP contribution < -0.4 is 15.5 Å². The fourth-order valence-electron chi connectivity index (χ4n) is 4.56. The summed E-state index contributed by atoms with van der Waals surface area (Å²) in [6, 6.07) is 7.10. The molecule has 2 saturated heterocycles. The van der Waals surface area contributed by atoms with Gasteiger partial charge in [0.1, 0.15) is 12.1 Å². The molecule has 29 heavy (non-hydrogen) atoms. The van der Waals surface area contributed by atoms with Crippen molar-refractivity contribution >= 4 is 29.2 Å². The molecule has 1 aliphatic carbocycles. The minimum Gasteiger partial charge on any atom is -0.378 e. The van der Waals surface area contributed by atoms with Gasteiger partial charge in [-0.3, -0.25) is 14.5 Å². The number of ether oxygens (including phenoxy) is 1. The Hall–Kier alpha value is -2.61. The monoisotopic (exact) mass is 400 g/mol. The van der Waals surface area contributed by atoms with E-state index in [0.717, 1.165) is 42.9 Å². The van der Waals surface area contributed by atoms with Crippen LogP contribution in [0.4, 0.5) is 16.2 Å². The third-order valence-electron chi connectivity index (χ3n) is 6.33. The molecule has 1 spiro atoms. The SMILES string of the molecule is C[C@H]1CCCC[C@]12NC(=O)N(CC(=O)Nc1ccc(N3CCOCC3)cc1)C2=O. The second-order valence-corrected chi connectivity index (χ2v) is 8.13. The summed E-state index contributed by atoms with van der Waals surface area (Å²) in [6.45, 7) is 4.84. The average molecular weight is 400 g/mol. The molecule has 2 heterocycles. The van der Waals surface area contributed by atoms with Crippen LogP contribution in [0.3, 0.4) is 0 Å². The molecule has 0 aromatic heterocycles. The first-order valence-electron chi connectivity index (χ1n) is 10.4. The molecule has 2 N–H and O–H groups in total. The number of carbonyl (C=O) groups excluding carboxylic acids is 3. The first-order valence-corrected chi connectivity index (χ1v) is 10.4. The molecule has 1 saturated carbocycles. The smallest absolute Gasteiger partial charge is 0.325 e. The molecule has 156 valence electrons. The van der Waals surface area contributed by atoms with E-state index in [0.29, 0.717) is 25.3 Å². The molecule has 8 heteroatoms. The topological polar surface area (TPSA) is 91.0 Å². The largest absolute Gasteiger partial charge is 0.378 e. The lowest BCUT2D eigenvalue weighted by Crippen LogP contribution is -2.54. The Balaban J connectivity index is 1.37. The third kappa shape index (κ3) is 3.81. The lowest BCUT2D eigenvalue weighted by molar-refractivity contribution is -0.136. The van der Waals surface area contributed by atoms with Crippen molar-refractivity contribution in [1.82, 2.24) is 10.2 Å². The minimum absolute atomic E-state index is 0.0773. The summed E-state index contributed by atoms with van der Waals surface area (Å²) in [6.07, 6.45) is 3.51. The number of benzene rings is 1. The second-order valence-electron chi connectivity index (χ2n) is 8.13. The number of nitrogens with zero attached hydrogens (tertiary/aromatic N) is 2. The molecule has 2 atom stereocenters. The van der Waals surface area contributed by atoms with E-state index >= 15 is 0 Å². The molecule has 2 aliphatic heterocycles. The molecule has 3 aliphatic rings. The molecular formula is C21H28N4O4. The molecular weight excluding hydrogens is 372 g/mol. The van der Waals surface area contributed by atoms with Crippen molar-refractivity contribution in [3.63, 3.8) is 0 Å². The highest BCUT2D eigenvalue weighted by Gasteiger charge is 2.55. The van der Waals surface area contributed by atoms with Gasteiger partial charge in [-0.2, -0.15) is 0 Å². The van der Waals surface area contributed by atoms with Crippen molar-refractivity contribution in [2.75, 3.05) is 43.1 Å². The molecule has 1 aromatic carbocycles. The van der Waals surface area contributed by atoms with Crippen molar-refractivity contribution < 1.29 is 19.1 Å². The van der Waals surface area contributed by atoms with Gasteiger partial charge in [-0.05, 0) is 43.0 Å². The number of urea groups is 1. The van der Waals surface area contributed by atoms with Crippen LogP contribution in [0.2, 0.25) is 0 Å². The van der Waals surface area contributed by atoms with Gasteiger partial charge in [0, 0.05) is 24.5 Å². The van der Waals surface area contributed by atoms with Crippen molar-refractivity contribution in [2.45, 2.75) is 38.1 Å². The number of morpholine rings is 1. The van der Waals surface area contributed by atoms with E-state index in [4.69, 9.17) is 4.74 Å². The van der Waals surface area contributed by atoms with E-state index in [2.05, 4.69) is 15.5 Å². The van der Waals surface area contributed by atoms with E-state index in [-0.39, 0.29) is 24.3 Å². The van der Waals surface area contributed by atoms with Gasteiger partial charge in [0.15, 0.2) is 0 Å². The summed E-state index contributed by atoms with van der Waals surface area (Å²) in [5.74, 6) is -0.575. The van der Waals surface area contributed by atoms with Crippen LogP contribution >= 0.6 is 0 Å². The Morgan fingerprint density at radius 1 is 1.21 bits per heavy atom. The van der Waals surface area contributed by atoms with E-state index in [1.54, 1.807) is 0 Å². The lowest BCUT2D eigenvalue weighted by atomic mass is 9.73. The zero-order valence-electron chi connectivity index (χ0n) is 16.8. The summed E-state index contributed by atoms with van der Waals surface area (Å²) < 4.78 is 5.36. The number of anilines is 2. The summed E-state index contributed by atoms with van der Waals surface area (Å²) in [4.78, 5) is 41.1. The number of carbonyl (C=O) groups is 3. The molecule has 4 amide bonds. The van der Waals surface area contributed by atoms with Crippen LogP contribution in [0.1, 0.15) is 32.6 Å². The summed E-state index contributed by atoms with van der Waals surface area (Å²) >= 11 is 0. The van der Waals surface area contributed by atoms with Gasteiger partial charge in [0.05, 0.1) is 13.2 Å². The van der Waals surface area contributed by atoms with Gasteiger partial charge in [0.25, 0.3) is 5.91 Å². The maximum atomic E-state index is 13.0. The predicted octanol–water partition coefficient (Wildman–Crippen LogP) is 1.96. The maximum Gasteiger partial charge on any atom is 0.325 e. The average Bonchev–Trinajstić information content (AvgIpc) is 2.96. The molecule has 0 radical (unpaired) electrons. The molecule has 8 nitrogen and oxygen atoms in total. The predicted molar refractivity (Wildman–Crippen MR) is 109 cm³/mol. The zero-order chi connectivity index (χ0) is 20.4. The lowest BCUT2D eigenvalue weighted by Gasteiger charge is -2.36. The number of nitrogens with one attached hydrogen (secondary N) is 2. The van der Waals surface area contributed by atoms with Crippen LogP contribution in [0.25, 0.3) is 0 Å². The number of amides is 4. The number of hydrogen-bond donors (Lipinski definition) is 2.